The number of nitrogens with zero attached hydrogens (tertiary/aromatic N) is 1. The van der Waals surface area contributed by atoms with Gasteiger partial charge in [-0.25, -0.2) is 4.79 Å². The van der Waals surface area contributed by atoms with Crippen LogP contribution in [-0.4, -0.2) is 36.9 Å². The largest absolute Gasteiger partial charge is 0.478 e. The van der Waals surface area contributed by atoms with Crippen molar-refractivity contribution in [2.45, 2.75) is 19.4 Å². The highest BCUT2D eigenvalue weighted by molar-refractivity contribution is 9.10. The smallest absolute Gasteiger partial charge is 0.335 e. The van der Waals surface area contributed by atoms with Crippen LogP contribution in [0.2, 0.25) is 0 Å². The molecule has 2 rings (SSSR count). The van der Waals surface area contributed by atoms with Crippen molar-refractivity contribution in [1.82, 2.24) is 0 Å². The van der Waals surface area contributed by atoms with Crippen LogP contribution in [0.15, 0.2) is 22.7 Å². The van der Waals surface area contributed by atoms with E-state index < -0.39 is 5.97 Å². The number of carboxylic acids is 1. The predicted molar refractivity (Wildman–Crippen MR) is 73.3 cm³/mol. The summed E-state index contributed by atoms with van der Waals surface area (Å²) in [5, 5.41) is 9.09. The van der Waals surface area contributed by atoms with Crippen LogP contribution in [0.1, 0.15) is 23.7 Å². The van der Waals surface area contributed by atoms with E-state index in [1.165, 1.54) is 0 Å². The van der Waals surface area contributed by atoms with Crippen LogP contribution < -0.4 is 4.90 Å². The van der Waals surface area contributed by atoms with Crippen molar-refractivity contribution in [3.8, 4) is 0 Å². The Balaban J connectivity index is 2.33. The Kier molecular flexibility index (Phi) is 4.24. The first-order valence-electron chi connectivity index (χ1n) is 6.00. The second kappa shape index (κ2) is 5.71. The molecule has 0 bridgehead atoms. The van der Waals surface area contributed by atoms with E-state index in [4.69, 9.17) is 9.84 Å². The molecule has 1 aromatic carbocycles. The minimum absolute atomic E-state index is 0.306. The monoisotopic (exact) mass is 313 g/mol. The molecule has 0 radical (unpaired) electrons. The highest BCUT2D eigenvalue weighted by Crippen LogP contribution is 2.26. The van der Waals surface area contributed by atoms with Crippen LogP contribution in [0.3, 0.4) is 0 Å². The summed E-state index contributed by atoms with van der Waals surface area (Å²) in [6.07, 6.45) is 0.981. The Hall–Kier alpha value is -1.07. The lowest BCUT2D eigenvalue weighted by Gasteiger charge is -2.37. The zero-order chi connectivity index (χ0) is 13.1. The predicted octanol–water partition coefficient (Wildman–Crippen LogP) is 2.76. The molecular formula is C13H16BrNO3. The Bertz CT molecular complexity index is 450. The van der Waals surface area contributed by atoms with Crippen molar-refractivity contribution in [3.05, 3.63) is 28.2 Å². The third-order valence-electron chi connectivity index (χ3n) is 3.16. The number of ether oxygens (including phenoxy) is 1. The fourth-order valence-corrected chi connectivity index (χ4v) is 2.68. The normalized spacial score (nSPS) is 19.9. The average molecular weight is 314 g/mol. The minimum atomic E-state index is -0.904. The van der Waals surface area contributed by atoms with E-state index in [1.807, 2.05) is 6.07 Å². The second-order valence-electron chi connectivity index (χ2n) is 4.33. The number of rotatable bonds is 3. The van der Waals surface area contributed by atoms with Crippen molar-refractivity contribution in [2.75, 3.05) is 24.7 Å². The summed E-state index contributed by atoms with van der Waals surface area (Å²) in [6, 6.07) is 5.61. The lowest BCUT2D eigenvalue weighted by Crippen LogP contribution is -2.45. The molecule has 18 heavy (non-hydrogen) atoms. The topological polar surface area (TPSA) is 49.8 Å². The number of morpholine rings is 1. The van der Waals surface area contributed by atoms with E-state index in [0.29, 0.717) is 24.8 Å². The van der Waals surface area contributed by atoms with Crippen molar-refractivity contribution in [1.29, 1.82) is 0 Å². The number of benzene rings is 1. The fraction of sp³-hybridized carbons (Fsp3) is 0.462. The molecule has 0 saturated carbocycles. The van der Waals surface area contributed by atoms with Gasteiger partial charge in [0, 0.05) is 16.7 Å². The van der Waals surface area contributed by atoms with Gasteiger partial charge in [0.15, 0.2) is 0 Å². The molecule has 0 amide bonds. The van der Waals surface area contributed by atoms with Gasteiger partial charge >= 0.3 is 5.97 Å². The van der Waals surface area contributed by atoms with Crippen molar-refractivity contribution < 1.29 is 14.6 Å². The summed E-state index contributed by atoms with van der Waals surface area (Å²) in [6.45, 7) is 4.30. The third-order valence-corrected chi connectivity index (χ3v) is 3.62. The Morgan fingerprint density at radius 3 is 3.00 bits per heavy atom. The van der Waals surface area contributed by atoms with Gasteiger partial charge in [-0.15, -0.1) is 0 Å². The second-order valence-corrected chi connectivity index (χ2v) is 5.25. The van der Waals surface area contributed by atoms with Crippen LogP contribution in [0.5, 0.6) is 0 Å². The number of halogens is 1. The first-order valence-corrected chi connectivity index (χ1v) is 6.79. The number of hydrogen-bond acceptors (Lipinski definition) is 3. The molecule has 1 fully saturated rings. The molecule has 1 aliphatic rings. The SMILES string of the molecule is CC[C@H]1COCCN1c1cc(Br)cc(C(=O)O)c1. The Morgan fingerprint density at radius 1 is 1.56 bits per heavy atom. The molecule has 0 spiro atoms. The molecule has 1 aliphatic heterocycles. The van der Waals surface area contributed by atoms with Gasteiger partial charge in [0.25, 0.3) is 0 Å². The van der Waals surface area contributed by atoms with E-state index in [2.05, 4.69) is 27.8 Å². The van der Waals surface area contributed by atoms with Crippen molar-refractivity contribution in [2.24, 2.45) is 0 Å². The highest BCUT2D eigenvalue weighted by Gasteiger charge is 2.22. The van der Waals surface area contributed by atoms with Crippen LogP contribution in [0, 0.1) is 0 Å². The number of aromatic carboxylic acids is 1. The van der Waals surface area contributed by atoms with Crippen LogP contribution in [0.25, 0.3) is 0 Å². The van der Waals surface area contributed by atoms with Crippen molar-refractivity contribution >= 4 is 27.6 Å². The summed E-state index contributed by atoms with van der Waals surface area (Å²) in [5.41, 5.74) is 1.25. The third kappa shape index (κ3) is 2.84. The first-order chi connectivity index (χ1) is 8.61. The number of hydrogen-bond donors (Lipinski definition) is 1. The maximum atomic E-state index is 11.1. The lowest BCUT2D eigenvalue weighted by atomic mass is 10.1. The molecule has 1 N–H and O–H groups in total. The zero-order valence-corrected chi connectivity index (χ0v) is 11.8. The van der Waals surface area contributed by atoms with Gasteiger partial charge in [-0.2, -0.15) is 0 Å². The molecule has 1 atom stereocenters. The molecule has 1 heterocycles. The van der Waals surface area contributed by atoms with Crippen LogP contribution in [0.4, 0.5) is 5.69 Å². The van der Waals surface area contributed by atoms with E-state index >= 15 is 0 Å². The van der Waals surface area contributed by atoms with Gasteiger partial charge in [0.1, 0.15) is 0 Å². The molecule has 4 nitrogen and oxygen atoms in total. The fourth-order valence-electron chi connectivity index (χ4n) is 2.20. The zero-order valence-electron chi connectivity index (χ0n) is 10.2. The van der Waals surface area contributed by atoms with Gasteiger partial charge in [0.05, 0.1) is 24.8 Å². The van der Waals surface area contributed by atoms with Crippen LogP contribution >= 0.6 is 15.9 Å². The number of carbonyl (C=O) groups is 1. The molecule has 0 unspecified atom stereocenters. The summed E-state index contributed by atoms with van der Waals surface area (Å²) in [5.74, 6) is -0.904. The van der Waals surface area contributed by atoms with Gasteiger partial charge in [-0.05, 0) is 24.6 Å². The van der Waals surface area contributed by atoms with Gasteiger partial charge < -0.3 is 14.7 Å². The Labute approximate surface area is 115 Å². The first kappa shape index (κ1) is 13.4. The summed E-state index contributed by atoms with van der Waals surface area (Å²) in [7, 11) is 0. The lowest BCUT2D eigenvalue weighted by molar-refractivity contribution is 0.0696. The summed E-state index contributed by atoms with van der Waals surface area (Å²) in [4.78, 5) is 13.3. The van der Waals surface area contributed by atoms with E-state index in [1.54, 1.807) is 12.1 Å². The van der Waals surface area contributed by atoms with E-state index in [-0.39, 0.29) is 0 Å². The summed E-state index contributed by atoms with van der Waals surface area (Å²) >= 11 is 3.37. The average Bonchev–Trinajstić information content (AvgIpc) is 2.38. The van der Waals surface area contributed by atoms with E-state index in [0.717, 1.165) is 23.1 Å². The maximum Gasteiger partial charge on any atom is 0.335 e. The molecule has 1 aromatic rings. The molecule has 98 valence electrons. The number of anilines is 1. The molecule has 5 heteroatoms. The molecule has 0 aliphatic carbocycles. The molecular weight excluding hydrogens is 298 g/mol. The van der Waals surface area contributed by atoms with Crippen molar-refractivity contribution in [3.63, 3.8) is 0 Å². The molecule has 0 aromatic heterocycles. The van der Waals surface area contributed by atoms with Gasteiger partial charge in [-0.1, -0.05) is 22.9 Å². The minimum Gasteiger partial charge on any atom is -0.478 e. The van der Waals surface area contributed by atoms with Crippen LogP contribution in [-0.2, 0) is 4.74 Å². The highest BCUT2D eigenvalue weighted by atomic mass is 79.9. The maximum absolute atomic E-state index is 11.1. The summed E-state index contributed by atoms with van der Waals surface area (Å²) < 4.78 is 6.25. The van der Waals surface area contributed by atoms with E-state index in [9.17, 15) is 4.79 Å². The van der Waals surface area contributed by atoms with Gasteiger partial charge in [-0.3, -0.25) is 0 Å². The number of carboxylic acid groups (broad SMARTS) is 1. The van der Waals surface area contributed by atoms with Gasteiger partial charge in [0.2, 0.25) is 0 Å². The quantitative estimate of drug-likeness (QED) is 0.932. The Morgan fingerprint density at radius 2 is 2.33 bits per heavy atom. The molecule has 1 saturated heterocycles. The standard InChI is InChI=1S/C13H16BrNO3/c1-2-11-8-18-4-3-15(11)12-6-9(13(16)17)5-10(14)7-12/h5-7,11H,2-4,8H2,1H3,(H,16,17)/t11-/m0/s1.